The van der Waals surface area contributed by atoms with Crippen molar-refractivity contribution in [2.24, 2.45) is 0 Å². The zero-order valence-electron chi connectivity index (χ0n) is 6.18. The summed E-state index contributed by atoms with van der Waals surface area (Å²) in [6.07, 6.45) is 5.89. The summed E-state index contributed by atoms with van der Waals surface area (Å²) >= 11 is 0. The van der Waals surface area contributed by atoms with Crippen LogP contribution in [0.1, 0.15) is 33.1 Å². The summed E-state index contributed by atoms with van der Waals surface area (Å²) in [7, 11) is 0. The molecule has 0 aliphatic carbocycles. The first-order chi connectivity index (χ1) is 4.35. The second-order valence-electron chi connectivity index (χ2n) is 2.06. The minimum absolute atomic E-state index is 0.928. The highest BCUT2D eigenvalue weighted by atomic mass is 16.1. The van der Waals surface area contributed by atoms with Crippen LogP contribution in [0.15, 0.2) is 11.6 Å². The minimum atomic E-state index is 0.928. The maximum atomic E-state index is 10.2. The van der Waals surface area contributed by atoms with E-state index in [4.69, 9.17) is 0 Å². The van der Waals surface area contributed by atoms with E-state index in [0.717, 1.165) is 31.1 Å². The molecule has 0 atom stereocenters. The number of carbonyl (C=O) groups excluding carboxylic acids is 1. The molecule has 0 aromatic heterocycles. The van der Waals surface area contributed by atoms with Crippen molar-refractivity contribution in [3.05, 3.63) is 11.6 Å². The van der Waals surface area contributed by atoms with E-state index in [9.17, 15) is 4.79 Å². The number of hydrogen-bond acceptors (Lipinski definition) is 1. The Morgan fingerprint density at radius 2 is 2.11 bits per heavy atom. The second-order valence-corrected chi connectivity index (χ2v) is 2.06. The van der Waals surface area contributed by atoms with Gasteiger partial charge in [0.25, 0.3) is 0 Å². The maximum Gasteiger partial charge on any atom is 0.145 e. The fourth-order valence-corrected chi connectivity index (χ4v) is 0.760. The Morgan fingerprint density at radius 1 is 1.44 bits per heavy atom. The molecule has 0 aromatic rings. The number of rotatable bonds is 4. The Hall–Kier alpha value is -0.590. The third-order valence-electron chi connectivity index (χ3n) is 1.16. The van der Waals surface area contributed by atoms with Gasteiger partial charge in [0.1, 0.15) is 6.29 Å². The van der Waals surface area contributed by atoms with Gasteiger partial charge in [0.2, 0.25) is 0 Å². The van der Waals surface area contributed by atoms with E-state index in [0.29, 0.717) is 0 Å². The molecule has 0 aromatic carbocycles. The monoisotopic (exact) mass is 126 g/mol. The molecule has 0 aliphatic heterocycles. The van der Waals surface area contributed by atoms with Gasteiger partial charge in [0.15, 0.2) is 0 Å². The van der Waals surface area contributed by atoms with Crippen LogP contribution < -0.4 is 0 Å². The zero-order chi connectivity index (χ0) is 7.11. The van der Waals surface area contributed by atoms with Gasteiger partial charge in [-0.25, -0.2) is 0 Å². The van der Waals surface area contributed by atoms with Crippen LogP contribution in [-0.4, -0.2) is 6.29 Å². The van der Waals surface area contributed by atoms with Crippen molar-refractivity contribution in [3.8, 4) is 0 Å². The first-order valence-corrected chi connectivity index (χ1v) is 3.49. The third kappa shape index (κ3) is 3.95. The van der Waals surface area contributed by atoms with Gasteiger partial charge >= 0.3 is 0 Å². The zero-order valence-corrected chi connectivity index (χ0v) is 6.18. The summed E-state index contributed by atoms with van der Waals surface area (Å²) in [4.78, 5) is 10.2. The summed E-state index contributed by atoms with van der Waals surface area (Å²) in [5, 5.41) is 0. The Morgan fingerprint density at radius 3 is 2.44 bits per heavy atom. The van der Waals surface area contributed by atoms with E-state index >= 15 is 0 Å². The molecule has 0 N–H and O–H groups in total. The molecule has 0 bridgehead atoms. The molecule has 0 amide bonds. The minimum Gasteiger partial charge on any atom is -0.298 e. The van der Waals surface area contributed by atoms with Crippen LogP contribution in [0.25, 0.3) is 0 Å². The van der Waals surface area contributed by atoms with Crippen molar-refractivity contribution in [1.82, 2.24) is 0 Å². The molecule has 0 saturated heterocycles. The van der Waals surface area contributed by atoms with Crippen molar-refractivity contribution in [2.75, 3.05) is 0 Å². The SMILES string of the molecule is CCC=C(C=O)CCC. The van der Waals surface area contributed by atoms with Crippen LogP contribution in [0, 0.1) is 0 Å². The van der Waals surface area contributed by atoms with E-state index in [1.165, 1.54) is 0 Å². The first-order valence-electron chi connectivity index (χ1n) is 3.49. The second kappa shape index (κ2) is 5.54. The lowest BCUT2D eigenvalue weighted by molar-refractivity contribution is -0.105. The Balaban J connectivity index is 3.66. The predicted molar refractivity (Wildman–Crippen MR) is 39.3 cm³/mol. The summed E-state index contributed by atoms with van der Waals surface area (Å²) in [6, 6.07) is 0. The Bertz CT molecular complexity index is 103. The molecular weight excluding hydrogens is 112 g/mol. The topological polar surface area (TPSA) is 17.1 Å². The predicted octanol–water partition coefficient (Wildman–Crippen LogP) is 2.32. The first kappa shape index (κ1) is 8.41. The molecule has 0 radical (unpaired) electrons. The number of aldehydes is 1. The molecule has 9 heavy (non-hydrogen) atoms. The highest BCUT2D eigenvalue weighted by Crippen LogP contribution is 2.01. The molecule has 52 valence electrons. The number of allylic oxidation sites excluding steroid dienone is 2. The Kier molecular flexibility index (Phi) is 5.18. The van der Waals surface area contributed by atoms with Crippen molar-refractivity contribution in [3.63, 3.8) is 0 Å². The average Bonchev–Trinajstić information content (AvgIpc) is 1.88. The molecule has 0 spiro atoms. The van der Waals surface area contributed by atoms with Crippen LogP contribution in [0.4, 0.5) is 0 Å². The smallest absolute Gasteiger partial charge is 0.145 e. The van der Waals surface area contributed by atoms with Crippen molar-refractivity contribution in [2.45, 2.75) is 33.1 Å². The molecular formula is C8H14O. The molecule has 1 nitrogen and oxygen atoms in total. The van der Waals surface area contributed by atoms with Crippen LogP contribution in [-0.2, 0) is 4.79 Å². The molecule has 0 heterocycles. The van der Waals surface area contributed by atoms with Crippen molar-refractivity contribution >= 4 is 6.29 Å². The van der Waals surface area contributed by atoms with Crippen LogP contribution in [0.3, 0.4) is 0 Å². The molecule has 0 rings (SSSR count). The fraction of sp³-hybridized carbons (Fsp3) is 0.625. The van der Waals surface area contributed by atoms with Gasteiger partial charge < -0.3 is 0 Å². The number of carbonyl (C=O) groups is 1. The van der Waals surface area contributed by atoms with Crippen LogP contribution >= 0.6 is 0 Å². The van der Waals surface area contributed by atoms with Gasteiger partial charge in [0.05, 0.1) is 0 Å². The number of hydrogen-bond donors (Lipinski definition) is 0. The van der Waals surface area contributed by atoms with Gasteiger partial charge in [-0.05, 0) is 18.4 Å². The highest BCUT2D eigenvalue weighted by molar-refractivity contribution is 5.72. The van der Waals surface area contributed by atoms with E-state index in [2.05, 4.69) is 6.92 Å². The largest absolute Gasteiger partial charge is 0.298 e. The standard InChI is InChI=1S/C8H14O/c1-3-5-8(7-9)6-4-2/h5,7H,3-4,6H2,1-2H3. The lowest BCUT2D eigenvalue weighted by atomic mass is 10.1. The molecule has 1 heteroatoms. The molecule has 0 saturated carbocycles. The lowest BCUT2D eigenvalue weighted by Gasteiger charge is -1.92. The molecule has 0 unspecified atom stereocenters. The summed E-state index contributed by atoms with van der Waals surface area (Å²) in [5.74, 6) is 0. The van der Waals surface area contributed by atoms with E-state index in [1.54, 1.807) is 0 Å². The Labute approximate surface area is 56.8 Å². The van der Waals surface area contributed by atoms with Gasteiger partial charge in [-0.2, -0.15) is 0 Å². The van der Waals surface area contributed by atoms with Crippen LogP contribution in [0.5, 0.6) is 0 Å². The van der Waals surface area contributed by atoms with Gasteiger partial charge in [-0.1, -0.05) is 26.3 Å². The van der Waals surface area contributed by atoms with E-state index in [-0.39, 0.29) is 0 Å². The van der Waals surface area contributed by atoms with E-state index < -0.39 is 0 Å². The van der Waals surface area contributed by atoms with Gasteiger partial charge in [0, 0.05) is 0 Å². The summed E-state index contributed by atoms with van der Waals surface area (Å²) < 4.78 is 0. The molecule has 0 aliphatic rings. The third-order valence-corrected chi connectivity index (χ3v) is 1.16. The maximum absolute atomic E-state index is 10.2. The van der Waals surface area contributed by atoms with Gasteiger partial charge in [-0.15, -0.1) is 0 Å². The fourth-order valence-electron chi connectivity index (χ4n) is 0.760. The van der Waals surface area contributed by atoms with Gasteiger partial charge in [-0.3, -0.25) is 4.79 Å². The summed E-state index contributed by atoms with van der Waals surface area (Å²) in [5.41, 5.74) is 0.944. The lowest BCUT2D eigenvalue weighted by Crippen LogP contribution is -1.82. The highest BCUT2D eigenvalue weighted by Gasteiger charge is 1.89. The van der Waals surface area contributed by atoms with Crippen molar-refractivity contribution < 1.29 is 4.79 Å². The average molecular weight is 126 g/mol. The quantitative estimate of drug-likeness (QED) is 0.417. The van der Waals surface area contributed by atoms with Crippen LogP contribution in [0.2, 0.25) is 0 Å². The van der Waals surface area contributed by atoms with E-state index in [1.807, 2.05) is 13.0 Å². The summed E-state index contributed by atoms with van der Waals surface area (Å²) in [6.45, 7) is 4.12. The van der Waals surface area contributed by atoms with Crippen molar-refractivity contribution in [1.29, 1.82) is 0 Å². The molecule has 0 fully saturated rings. The normalized spacial score (nSPS) is 11.6.